The van der Waals surface area contributed by atoms with E-state index in [1.54, 1.807) is 6.20 Å². The lowest BCUT2D eigenvalue weighted by Gasteiger charge is -2.05. The number of hydrogen-bond acceptors (Lipinski definition) is 3. The van der Waals surface area contributed by atoms with Crippen LogP contribution in [0.5, 0.6) is 0 Å². The highest BCUT2D eigenvalue weighted by Gasteiger charge is 2.01. The Morgan fingerprint density at radius 3 is 2.71 bits per heavy atom. The van der Waals surface area contributed by atoms with Gasteiger partial charge in [-0.15, -0.1) is 0 Å². The molecule has 1 N–H and O–H groups in total. The molecule has 0 radical (unpaired) electrons. The second-order valence-electron chi connectivity index (χ2n) is 5.50. The van der Waals surface area contributed by atoms with Crippen molar-refractivity contribution in [1.82, 2.24) is 4.98 Å². The van der Waals surface area contributed by atoms with Crippen molar-refractivity contribution in [1.29, 1.82) is 0 Å². The smallest absolute Gasteiger partial charge is 0.0738 e. The second kappa shape index (κ2) is 6.30. The van der Waals surface area contributed by atoms with Crippen molar-refractivity contribution in [2.45, 2.75) is 0 Å². The summed E-state index contributed by atoms with van der Waals surface area (Å²) in [4.78, 5) is 4.33. The van der Waals surface area contributed by atoms with E-state index in [1.807, 2.05) is 42.6 Å². The van der Waals surface area contributed by atoms with Crippen molar-refractivity contribution in [2.24, 2.45) is 5.10 Å². The van der Waals surface area contributed by atoms with Crippen molar-refractivity contribution in [3.8, 4) is 0 Å². The van der Waals surface area contributed by atoms with E-state index in [0.717, 1.165) is 22.2 Å². The fourth-order valence-electron chi connectivity index (χ4n) is 2.68. The summed E-state index contributed by atoms with van der Waals surface area (Å²) in [6, 6.07) is 22.1. The minimum absolute atomic E-state index is 0.673. The lowest BCUT2D eigenvalue weighted by Crippen LogP contribution is -1.93. The number of anilines is 1. The first kappa shape index (κ1) is 14.7. The van der Waals surface area contributed by atoms with Crippen LogP contribution in [0.3, 0.4) is 0 Å². The van der Waals surface area contributed by atoms with Gasteiger partial charge in [0.1, 0.15) is 0 Å². The van der Waals surface area contributed by atoms with Gasteiger partial charge in [0.15, 0.2) is 0 Å². The van der Waals surface area contributed by atoms with Gasteiger partial charge in [-0.25, -0.2) is 0 Å². The third kappa shape index (κ3) is 2.94. The van der Waals surface area contributed by atoms with Crippen LogP contribution < -0.4 is 5.43 Å². The van der Waals surface area contributed by atoms with Crippen LogP contribution in [0, 0.1) is 0 Å². The standard InChI is InChI=1S/C20H14ClN3/c21-17-7-8-18-19(9-10-22-20(18)12-17)24-23-13-14-5-6-15-3-1-2-4-16(15)11-14/h1-13H,(H,22,24). The van der Waals surface area contributed by atoms with Crippen molar-refractivity contribution in [3.63, 3.8) is 0 Å². The van der Waals surface area contributed by atoms with Crippen molar-refractivity contribution < 1.29 is 0 Å². The highest BCUT2D eigenvalue weighted by atomic mass is 35.5. The van der Waals surface area contributed by atoms with Gasteiger partial charge in [0, 0.05) is 16.6 Å². The first-order valence-corrected chi connectivity index (χ1v) is 7.99. The molecule has 24 heavy (non-hydrogen) atoms. The van der Waals surface area contributed by atoms with E-state index in [2.05, 4.69) is 45.8 Å². The molecule has 0 aliphatic heterocycles. The van der Waals surface area contributed by atoms with Gasteiger partial charge in [-0.2, -0.15) is 5.10 Å². The quantitative estimate of drug-likeness (QED) is 0.398. The van der Waals surface area contributed by atoms with Crippen molar-refractivity contribution >= 4 is 45.2 Å². The van der Waals surface area contributed by atoms with E-state index in [1.165, 1.54) is 10.8 Å². The zero-order chi connectivity index (χ0) is 16.4. The Balaban J connectivity index is 1.60. The molecule has 0 saturated carbocycles. The molecule has 0 atom stereocenters. The normalized spacial score (nSPS) is 11.4. The zero-order valence-electron chi connectivity index (χ0n) is 12.8. The number of rotatable bonds is 3. The fraction of sp³-hybridized carbons (Fsp3) is 0. The number of hydrogen-bond donors (Lipinski definition) is 1. The van der Waals surface area contributed by atoms with E-state index in [0.29, 0.717) is 5.02 Å². The van der Waals surface area contributed by atoms with Gasteiger partial charge in [-0.05, 0) is 46.7 Å². The van der Waals surface area contributed by atoms with E-state index in [4.69, 9.17) is 11.6 Å². The lowest BCUT2D eigenvalue weighted by molar-refractivity contribution is 1.33. The first-order valence-electron chi connectivity index (χ1n) is 7.62. The minimum atomic E-state index is 0.673. The SMILES string of the molecule is Clc1ccc2c(NN=Cc3ccc4ccccc4c3)ccnc2c1. The van der Waals surface area contributed by atoms with E-state index in [9.17, 15) is 0 Å². The molecule has 1 heterocycles. The number of hydrazone groups is 1. The number of benzene rings is 3. The maximum atomic E-state index is 6.01. The summed E-state index contributed by atoms with van der Waals surface area (Å²) in [6.07, 6.45) is 3.56. The maximum absolute atomic E-state index is 6.01. The third-order valence-corrected chi connectivity index (χ3v) is 4.11. The van der Waals surface area contributed by atoms with Crippen LogP contribution in [0.25, 0.3) is 21.7 Å². The molecule has 0 amide bonds. The second-order valence-corrected chi connectivity index (χ2v) is 5.93. The molecule has 116 valence electrons. The summed E-state index contributed by atoms with van der Waals surface area (Å²) < 4.78 is 0. The van der Waals surface area contributed by atoms with Gasteiger partial charge in [0.25, 0.3) is 0 Å². The molecule has 0 bridgehead atoms. The minimum Gasteiger partial charge on any atom is -0.278 e. The van der Waals surface area contributed by atoms with Crippen molar-refractivity contribution in [2.75, 3.05) is 5.43 Å². The maximum Gasteiger partial charge on any atom is 0.0738 e. The Morgan fingerprint density at radius 2 is 1.79 bits per heavy atom. The Morgan fingerprint density at radius 1 is 0.917 bits per heavy atom. The molecule has 0 aliphatic carbocycles. The number of nitrogens with one attached hydrogen (secondary N) is 1. The van der Waals surface area contributed by atoms with Crippen LogP contribution in [0.2, 0.25) is 5.02 Å². The first-order chi connectivity index (χ1) is 11.8. The zero-order valence-corrected chi connectivity index (χ0v) is 13.5. The number of nitrogens with zero attached hydrogens (tertiary/aromatic N) is 2. The Kier molecular flexibility index (Phi) is 3.85. The Bertz CT molecular complexity index is 1060. The van der Waals surface area contributed by atoms with Gasteiger partial charge < -0.3 is 0 Å². The molecule has 0 aliphatic rings. The van der Waals surface area contributed by atoms with Crippen LogP contribution in [0.1, 0.15) is 5.56 Å². The van der Waals surface area contributed by atoms with Crippen LogP contribution in [-0.2, 0) is 0 Å². The van der Waals surface area contributed by atoms with Crippen LogP contribution in [0.15, 0.2) is 78.0 Å². The van der Waals surface area contributed by atoms with Gasteiger partial charge in [0.05, 0.1) is 17.4 Å². The number of fused-ring (bicyclic) bond motifs is 2. The van der Waals surface area contributed by atoms with E-state index >= 15 is 0 Å². The molecule has 0 saturated heterocycles. The summed E-state index contributed by atoms with van der Waals surface area (Å²) in [5.74, 6) is 0. The molecule has 0 unspecified atom stereocenters. The Labute approximate surface area is 144 Å². The molecule has 3 aromatic carbocycles. The van der Waals surface area contributed by atoms with E-state index in [-0.39, 0.29) is 0 Å². The average molecular weight is 332 g/mol. The predicted molar refractivity (Wildman–Crippen MR) is 102 cm³/mol. The highest BCUT2D eigenvalue weighted by molar-refractivity contribution is 6.31. The molecule has 1 aromatic heterocycles. The summed E-state index contributed by atoms with van der Waals surface area (Å²) in [6.45, 7) is 0. The van der Waals surface area contributed by atoms with Gasteiger partial charge in [0.2, 0.25) is 0 Å². The fourth-order valence-corrected chi connectivity index (χ4v) is 2.85. The predicted octanol–water partition coefficient (Wildman–Crippen LogP) is 5.49. The highest BCUT2D eigenvalue weighted by Crippen LogP contribution is 2.24. The number of halogens is 1. The number of pyridine rings is 1. The van der Waals surface area contributed by atoms with Crippen molar-refractivity contribution in [3.05, 3.63) is 83.5 Å². The monoisotopic (exact) mass is 331 g/mol. The van der Waals surface area contributed by atoms with E-state index < -0.39 is 0 Å². The number of aromatic nitrogens is 1. The molecule has 0 fully saturated rings. The summed E-state index contributed by atoms with van der Waals surface area (Å²) in [5.41, 5.74) is 5.87. The molecule has 3 nitrogen and oxygen atoms in total. The van der Waals surface area contributed by atoms with Crippen LogP contribution in [0.4, 0.5) is 5.69 Å². The molecular formula is C20H14ClN3. The van der Waals surface area contributed by atoms with Gasteiger partial charge >= 0.3 is 0 Å². The van der Waals surface area contributed by atoms with Crippen LogP contribution in [-0.4, -0.2) is 11.2 Å². The largest absolute Gasteiger partial charge is 0.278 e. The van der Waals surface area contributed by atoms with Gasteiger partial charge in [-0.3, -0.25) is 10.4 Å². The molecular weight excluding hydrogens is 318 g/mol. The molecule has 4 rings (SSSR count). The molecule has 0 spiro atoms. The molecule has 4 aromatic rings. The summed E-state index contributed by atoms with van der Waals surface area (Å²) in [5, 5.41) is 8.43. The topological polar surface area (TPSA) is 37.3 Å². The summed E-state index contributed by atoms with van der Waals surface area (Å²) >= 11 is 6.01. The lowest BCUT2D eigenvalue weighted by atomic mass is 10.1. The third-order valence-electron chi connectivity index (χ3n) is 3.88. The molecule has 4 heteroatoms. The average Bonchev–Trinajstić information content (AvgIpc) is 2.61. The van der Waals surface area contributed by atoms with Gasteiger partial charge in [-0.1, -0.05) is 48.0 Å². The summed E-state index contributed by atoms with van der Waals surface area (Å²) in [7, 11) is 0. The van der Waals surface area contributed by atoms with Crippen LogP contribution >= 0.6 is 11.6 Å². The Hall–Kier alpha value is -2.91.